The fraction of sp³-hybridized carbons (Fsp3) is 0.667. The normalized spacial score (nSPS) is 16.3. The van der Waals surface area contributed by atoms with Gasteiger partial charge in [0.15, 0.2) is 0 Å². The Labute approximate surface area is 122 Å². The number of rotatable bonds is 8. The van der Waals surface area contributed by atoms with Gasteiger partial charge in [-0.2, -0.15) is 11.8 Å². The zero-order chi connectivity index (χ0) is 14.3. The minimum atomic E-state index is 0.157. The molecule has 0 radical (unpaired) electrons. The van der Waals surface area contributed by atoms with Gasteiger partial charge in [-0.3, -0.25) is 9.88 Å². The van der Waals surface area contributed by atoms with Crippen molar-refractivity contribution in [2.24, 2.45) is 5.73 Å². The molecule has 0 saturated carbocycles. The van der Waals surface area contributed by atoms with Crippen molar-refractivity contribution >= 4 is 11.8 Å². The molecule has 2 N–H and O–H groups in total. The van der Waals surface area contributed by atoms with Crippen LogP contribution >= 0.6 is 11.8 Å². The highest BCUT2D eigenvalue weighted by Gasteiger charge is 2.26. The molecule has 0 aromatic carbocycles. The van der Waals surface area contributed by atoms with Crippen LogP contribution in [-0.2, 0) is 0 Å². The molecule has 1 aromatic heterocycles. The Morgan fingerprint density at radius 1 is 1.37 bits per heavy atom. The van der Waals surface area contributed by atoms with E-state index in [4.69, 9.17) is 5.73 Å². The molecule has 0 amide bonds. The summed E-state index contributed by atoms with van der Waals surface area (Å²) in [6.07, 6.45) is 8.03. The average Bonchev–Trinajstić information content (AvgIpc) is 2.45. The Bertz CT molecular complexity index is 345. The largest absolute Gasteiger partial charge is 0.326 e. The summed E-state index contributed by atoms with van der Waals surface area (Å²) in [4.78, 5) is 6.52. The van der Waals surface area contributed by atoms with E-state index in [1.807, 2.05) is 24.2 Å². The topological polar surface area (TPSA) is 42.1 Å². The first-order valence-electron chi connectivity index (χ1n) is 6.98. The molecule has 1 rings (SSSR count). The predicted molar refractivity (Wildman–Crippen MR) is 85.5 cm³/mol. The third-order valence-corrected chi connectivity index (χ3v) is 4.44. The molecule has 0 aliphatic rings. The third-order valence-electron chi connectivity index (χ3n) is 3.80. The number of likely N-dealkylation sites (N-methyl/N-ethyl adjacent to an activating group) is 1. The van der Waals surface area contributed by atoms with E-state index in [2.05, 4.69) is 49.2 Å². The lowest BCUT2D eigenvalue weighted by Crippen LogP contribution is -2.43. The number of hydrogen-bond acceptors (Lipinski definition) is 4. The summed E-state index contributed by atoms with van der Waals surface area (Å²) >= 11 is 1.90. The maximum atomic E-state index is 6.35. The van der Waals surface area contributed by atoms with Crippen LogP contribution in [0.5, 0.6) is 0 Å². The molecule has 3 nitrogen and oxygen atoms in total. The van der Waals surface area contributed by atoms with Crippen LogP contribution in [0.25, 0.3) is 0 Å². The van der Waals surface area contributed by atoms with Gasteiger partial charge >= 0.3 is 0 Å². The highest BCUT2D eigenvalue weighted by Crippen LogP contribution is 2.26. The van der Waals surface area contributed by atoms with Gasteiger partial charge in [-0.05, 0) is 56.5 Å². The Hall–Kier alpha value is -0.580. The van der Waals surface area contributed by atoms with Gasteiger partial charge in [0.1, 0.15) is 0 Å². The van der Waals surface area contributed by atoms with E-state index < -0.39 is 0 Å². The summed E-state index contributed by atoms with van der Waals surface area (Å²) in [5.41, 5.74) is 7.62. The standard InChI is InChI=1S/C15H27N3S/c1-5-14(16)15(13-6-9-17-10-7-13)18(3)12(2)8-11-19-4/h6-7,9-10,12,14-15H,5,8,11,16H2,1-4H3. The number of nitrogens with zero attached hydrogens (tertiary/aromatic N) is 2. The number of thioether (sulfide) groups is 1. The van der Waals surface area contributed by atoms with E-state index in [1.165, 1.54) is 17.7 Å². The molecule has 0 spiro atoms. The first kappa shape index (κ1) is 16.5. The zero-order valence-electron chi connectivity index (χ0n) is 12.5. The summed E-state index contributed by atoms with van der Waals surface area (Å²) in [6, 6.07) is 5.12. The van der Waals surface area contributed by atoms with Crippen molar-refractivity contribution < 1.29 is 0 Å². The highest BCUT2D eigenvalue weighted by molar-refractivity contribution is 7.98. The molecular weight excluding hydrogens is 254 g/mol. The summed E-state index contributed by atoms with van der Waals surface area (Å²) in [6.45, 7) is 4.44. The van der Waals surface area contributed by atoms with Crippen LogP contribution < -0.4 is 5.73 Å². The van der Waals surface area contributed by atoms with Crippen LogP contribution in [0.3, 0.4) is 0 Å². The van der Waals surface area contributed by atoms with Crippen LogP contribution in [0.15, 0.2) is 24.5 Å². The highest BCUT2D eigenvalue weighted by atomic mass is 32.2. The second kappa shape index (κ2) is 8.56. The van der Waals surface area contributed by atoms with Gasteiger partial charge in [0.25, 0.3) is 0 Å². The van der Waals surface area contributed by atoms with E-state index in [9.17, 15) is 0 Å². The lowest BCUT2D eigenvalue weighted by atomic mass is 9.96. The van der Waals surface area contributed by atoms with E-state index in [1.54, 1.807) is 0 Å². The molecule has 3 atom stereocenters. The zero-order valence-corrected chi connectivity index (χ0v) is 13.4. The second-order valence-corrected chi connectivity index (χ2v) is 6.08. The maximum Gasteiger partial charge on any atom is 0.0499 e. The van der Waals surface area contributed by atoms with Gasteiger partial charge in [0.2, 0.25) is 0 Å². The van der Waals surface area contributed by atoms with Crippen molar-refractivity contribution in [2.45, 2.75) is 44.8 Å². The van der Waals surface area contributed by atoms with E-state index in [0.717, 1.165) is 6.42 Å². The first-order valence-corrected chi connectivity index (χ1v) is 8.37. The van der Waals surface area contributed by atoms with Crippen LogP contribution in [0.2, 0.25) is 0 Å². The van der Waals surface area contributed by atoms with Crippen molar-refractivity contribution in [3.8, 4) is 0 Å². The third kappa shape index (κ3) is 4.79. The number of hydrogen-bond donors (Lipinski definition) is 1. The molecule has 0 aliphatic heterocycles. The summed E-state index contributed by atoms with van der Waals surface area (Å²) in [5, 5.41) is 0. The lowest BCUT2D eigenvalue weighted by molar-refractivity contribution is 0.155. The summed E-state index contributed by atoms with van der Waals surface area (Å²) in [7, 11) is 2.19. The molecular formula is C15H27N3S. The number of nitrogens with two attached hydrogens (primary N) is 1. The van der Waals surface area contributed by atoms with Crippen LogP contribution in [-0.4, -0.2) is 41.0 Å². The Balaban J connectivity index is 2.85. The molecule has 0 aliphatic carbocycles. The van der Waals surface area contributed by atoms with Gasteiger partial charge in [-0.25, -0.2) is 0 Å². The lowest BCUT2D eigenvalue weighted by Gasteiger charge is -2.37. The van der Waals surface area contributed by atoms with Crippen molar-refractivity contribution in [1.82, 2.24) is 9.88 Å². The molecule has 0 fully saturated rings. The fourth-order valence-corrected chi connectivity index (χ4v) is 2.91. The smallest absolute Gasteiger partial charge is 0.0499 e. The van der Waals surface area contributed by atoms with Gasteiger partial charge < -0.3 is 5.73 Å². The molecule has 3 unspecified atom stereocenters. The molecule has 4 heteroatoms. The predicted octanol–water partition coefficient (Wildman–Crippen LogP) is 2.93. The minimum Gasteiger partial charge on any atom is -0.326 e. The number of aromatic nitrogens is 1. The molecule has 0 bridgehead atoms. The van der Waals surface area contributed by atoms with Crippen LogP contribution in [0.1, 0.15) is 38.3 Å². The number of pyridine rings is 1. The Morgan fingerprint density at radius 2 is 2.00 bits per heavy atom. The van der Waals surface area contributed by atoms with Gasteiger partial charge in [0.05, 0.1) is 0 Å². The molecule has 108 valence electrons. The quantitative estimate of drug-likeness (QED) is 0.795. The van der Waals surface area contributed by atoms with Crippen molar-refractivity contribution in [3.05, 3.63) is 30.1 Å². The SMILES string of the molecule is CCC(N)C(c1ccncc1)N(C)C(C)CCSC. The molecule has 0 saturated heterocycles. The Morgan fingerprint density at radius 3 is 2.53 bits per heavy atom. The summed E-state index contributed by atoms with van der Waals surface area (Å²) < 4.78 is 0. The van der Waals surface area contributed by atoms with E-state index >= 15 is 0 Å². The van der Waals surface area contributed by atoms with Crippen molar-refractivity contribution in [3.63, 3.8) is 0 Å². The van der Waals surface area contributed by atoms with E-state index in [-0.39, 0.29) is 12.1 Å². The average molecular weight is 281 g/mol. The van der Waals surface area contributed by atoms with Crippen molar-refractivity contribution in [2.75, 3.05) is 19.1 Å². The fourth-order valence-electron chi connectivity index (χ4n) is 2.33. The Kier molecular flexibility index (Phi) is 7.42. The van der Waals surface area contributed by atoms with Gasteiger partial charge in [-0.15, -0.1) is 0 Å². The molecule has 1 heterocycles. The second-order valence-electron chi connectivity index (χ2n) is 5.09. The summed E-state index contributed by atoms with van der Waals surface area (Å²) in [5.74, 6) is 1.19. The molecule has 19 heavy (non-hydrogen) atoms. The van der Waals surface area contributed by atoms with Crippen molar-refractivity contribution in [1.29, 1.82) is 0 Å². The van der Waals surface area contributed by atoms with Gasteiger partial charge in [-0.1, -0.05) is 6.92 Å². The van der Waals surface area contributed by atoms with Crippen LogP contribution in [0, 0.1) is 0 Å². The van der Waals surface area contributed by atoms with Gasteiger partial charge in [0, 0.05) is 30.5 Å². The van der Waals surface area contributed by atoms with Crippen LogP contribution in [0.4, 0.5) is 0 Å². The van der Waals surface area contributed by atoms with E-state index in [0.29, 0.717) is 6.04 Å². The first-order chi connectivity index (χ1) is 9.11. The maximum absolute atomic E-state index is 6.35. The minimum absolute atomic E-state index is 0.157. The monoisotopic (exact) mass is 281 g/mol. The molecule has 1 aromatic rings.